The maximum absolute atomic E-state index is 13.0. The minimum atomic E-state index is -0.460. The first-order valence-corrected chi connectivity index (χ1v) is 6.29. The first-order valence-electron chi connectivity index (χ1n) is 6.29. The number of para-hydroxylation sites is 1. The van der Waals surface area contributed by atoms with Crippen LogP contribution in [0.3, 0.4) is 0 Å². The zero-order valence-corrected chi connectivity index (χ0v) is 11.0. The second-order valence-corrected chi connectivity index (χ2v) is 4.48. The number of hydrogen-bond acceptors (Lipinski definition) is 3. The van der Waals surface area contributed by atoms with Gasteiger partial charge in [-0.15, -0.1) is 0 Å². The predicted octanol–water partition coefficient (Wildman–Crippen LogP) is 2.76. The van der Waals surface area contributed by atoms with E-state index in [4.69, 9.17) is 0 Å². The molecule has 2 rings (SSSR count). The van der Waals surface area contributed by atoms with E-state index >= 15 is 0 Å². The number of benzene rings is 2. The van der Waals surface area contributed by atoms with E-state index in [0.29, 0.717) is 17.5 Å². The first kappa shape index (κ1) is 14.6. The lowest BCUT2D eigenvalue weighted by atomic mass is 9.98. The molecule has 0 saturated carbocycles. The van der Waals surface area contributed by atoms with Gasteiger partial charge in [0, 0.05) is 18.1 Å². The second-order valence-electron chi connectivity index (χ2n) is 4.48. The highest BCUT2D eigenvalue weighted by atomic mass is 19.1. The molecule has 1 amide bonds. The zero-order chi connectivity index (χ0) is 15.2. The van der Waals surface area contributed by atoms with E-state index in [2.05, 4.69) is 5.32 Å². The number of nitrogens with one attached hydrogen (secondary N) is 1. The number of rotatable bonds is 6. The Bertz CT molecular complexity index is 644. The molecular weight excluding hydrogens is 275 g/mol. The van der Waals surface area contributed by atoms with Crippen molar-refractivity contribution in [2.45, 2.75) is 12.5 Å². The monoisotopic (exact) mass is 288 g/mol. The molecule has 1 atom stereocenters. The van der Waals surface area contributed by atoms with Gasteiger partial charge in [0.05, 0.1) is 11.0 Å². The zero-order valence-electron chi connectivity index (χ0n) is 11.0. The van der Waals surface area contributed by atoms with Crippen LogP contribution >= 0.6 is 0 Å². The molecule has 108 valence electrons. The molecule has 0 radical (unpaired) electrons. The molecule has 0 aromatic heterocycles. The Morgan fingerprint density at radius 2 is 1.86 bits per heavy atom. The molecule has 5 nitrogen and oxygen atoms in total. The first-order chi connectivity index (χ1) is 10.1. The molecule has 0 aliphatic rings. The Kier molecular flexibility index (Phi) is 4.61. The van der Waals surface area contributed by atoms with Crippen molar-refractivity contribution in [3.05, 3.63) is 75.6 Å². The van der Waals surface area contributed by atoms with Crippen LogP contribution in [-0.4, -0.2) is 11.3 Å². The molecule has 2 aromatic carbocycles. The van der Waals surface area contributed by atoms with E-state index in [0.717, 1.165) is 0 Å². The number of amides is 1. The highest BCUT2D eigenvalue weighted by molar-refractivity contribution is 5.49. The van der Waals surface area contributed by atoms with E-state index in [-0.39, 0.29) is 17.9 Å². The number of nitrogens with zero attached hydrogens (tertiary/aromatic N) is 1. The third-order valence-corrected chi connectivity index (χ3v) is 3.15. The quantitative estimate of drug-likeness (QED) is 0.504. The van der Waals surface area contributed by atoms with E-state index in [1.807, 2.05) is 0 Å². The summed E-state index contributed by atoms with van der Waals surface area (Å²) in [6.07, 6.45) is 0.782. The average molecular weight is 288 g/mol. The average Bonchev–Trinajstić information content (AvgIpc) is 2.48. The van der Waals surface area contributed by atoms with Gasteiger partial charge in [0.1, 0.15) is 5.82 Å². The van der Waals surface area contributed by atoms with Gasteiger partial charge in [-0.3, -0.25) is 14.9 Å². The standard InChI is InChI=1S/C15H13FN2O3/c16-13-7-5-11(6-8-13)14(17-10-19)9-12-3-1-2-4-15(12)18(20)21/h1-8,10,14H,9H2,(H,17,19). The van der Waals surface area contributed by atoms with Crippen molar-refractivity contribution in [2.24, 2.45) is 0 Å². The predicted molar refractivity (Wildman–Crippen MR) is 75.1 cm³/mol. The molecule has 1 unspecified atom stereocenters. The SMILES string of the molecule is O=CNC(Cc1ccccc1[N+](=O)[O-])c1ccc(F)cc1. The van der Waals surface area contributed by atoms with Crippen molar-refractivity contribution in [3.8, 4) is 0 Å². The van der Waals surface area contributed by atoms with Crippen molar-refractivity contribution in [1.29, 1.82) is 0 Å². The minimum Gasteiger partial charge on any atom is -0.352 e. The molecular formula is C15H13FN2O3. The number of nitro benzene ring substituents is 1. The number of carbonyl (C=O) groups excluding carboxylic acids is 1. The molecule has 0 spiro atoms. The topological polar surface area (TPSA) is 72.2 Å². The largest absolute Gasteiger partial charge is 0.352 e. The van der Waals surface area contributed by atoms with Crippen molar-refractivity contribution < 1.29 is 14.1 Å². The highest BCUT2D eigenvalue weighted by Gasteiger charge is 2.18. The van der Waals surface area contributed by atoms with Gasteiger partial charge in [-0.25, -0.2) is 4.39 Å². The molecule has 0 bridgehead atoms. The van der Waals surface area contributed by atoms with Crippen molar-refractivity contribution in [2.75, 3.05) is 0 Å². The third-order valence-electron chi connectivity index (χ3n) is 3.15. The van der Waals surface area contributed by atoms with Crippen molar-refractivity contribution >= 4 is 12.1 Å². The maximum Gasteiger partial charge on any atom is 0.272 e. The highest BCUT2D eigenvalue weighted by Crippen LogP contribution is 2.25. The summed E-state index contributed by atoms with van der Waals surface area (Å²) in [6, 6.07) is 11.6. The van der Waals surface area contributed by atoms with Crippen LogP contribution < -0.4 is 5.32 Å². The molecule has 21 heavy (non-hydrogen) atoms. The van der Waals surface area contributed by atoms with Gasteiger partial charge in [0.2, 0.25) is 6.41 Å². The fourth-order valence-corrected chi connectivity index (χ4v) is 2.13. The Hall–Kier alpha value is -2.76. The number of hydrogen-bond donors (Lipinski definition) is 1. The van der Waals surface area contributed by atoms with E-state index < -0.39 is 11.0 Å². The molecule has 1 N–H and O–H groups in total. The molecule has 2 aromatic rings. The van der Waals surface area contributed by atoms with Gasteiger partial charge in [-0.05, 0) is 17.7 Å². The molecule has 0 aliphatic carbocycles. The van der Waals surface area contributed by atoms with E-state index in [9.17, 15) is 19.3 Å². The van der Waals surface area contributed by atoms with Crippen LogP contribution in [0.15, 0.2) is 48.5 Å². The van der Waals surface area contributed by atoms with Crippen molar-refractivity contribution in [1.82, 2.24) is 5.32 Å². The summed E-state index contributed by atoms with van der Waals surface area (Å²) in [7, 11) is 0. The fourth-order valence-electron chi connectivity index (χ4n) is 2.13. The fraction of sp³-hybridized carbons (Fsp3) is 0.133. The lowest BCUT2D eigenvalue weighted by molar-refractivity contribution is -0.385. The Morgan fingerprint density at radius 3 is 2.48 bits per heavy atom. The molecule has 0 heterocycles. The third kappa shape index (κ3) is 3.62. The summed E-state index contributed by atoms with van der Waals surface area (Å²) in [5.74, 6) is -0.380. The summed E-state index contributed by atoms with van der Waals surface area (Å²) < 4.78 is 13.0. The molecule has 0 saturated heterocycles. The van der Waals surface area contributed by atoms with Crippen LogP contribution in [0.5, 0.6) is 0 Å². The summed E-state index contributed by atoms with van der Waals surface area (Å²) in [4.78, 5) is 21.3. The van der Waals surface area contributed by atoms with Gasteiger partial charge in [-0.2, -0.15) is 0 Å². The van der Waals surface area contributed by atoms with Gasteiger partial charge < -0.3 is 5.32 Å². The lowest BCUT2D eigenvalue weighted by Gasteiger charge is -2.16. The number of nitro groups is 1. The molecule has 6 heteroatoms. The van der Waals surface area contributed by atoms with Crippen LogP contribution in [0.4, 0.5) is 10.1 Å². The van der Waals surface area contributed by atoms with Gasteiger partial charge in [0.15, 0.2) is 0 Å². The summed E-state index contributed by atoms with van der Waals surface area (Å²) in [5.41, 5.74) is 1.19. The summed E-state index contributed by atoms with van der Waals surface area (Å²) >= 11 is 0. The van der Waals surface area contributed by atoms with E-state index in [1.54, 1.807) is 30.3 Å². The second kappa shape index (κ2) is 6.60. The van der Waals surface area contributed by atoms with Gasteiger partial charge in [-0.1, -0.05) is 30.3 Å². The van der Waals surface area contributed by atoms with Crippen LogP contribution in [0, 0.1) is 15.9 Å². The molecule has 0 fully saturated rings. The van der Waals surface area contributed by atoms with Crippen molar-refractivity contribution in [3.63, 3.8) is 0 Å². The lowest BCUT2D eigenvalue weighted by Crippen LogP contribution is -2.22. The number of carbonyl (C=O) groups is 1. The minimum absolute atomic E-state index is 0.00249. The summed E-state index contributed by atoms with van der Waals surface area (Å²) in [5, 5.41) is 13.6. The van der Waals surface area contributed by atoms with Gasteiger partial charge >= 0.3 is 0 Å². The Morgan fingerprint density at radius 1 is 1.19 bits per heavy atom. The smallest absolute Gasteiger partial charge is 0.272 e. The Balaban J connectivity index is 2.30. The normalized spacial score (nSPS) is 11.7. The van der Waals surface area contributed by atoms with Crippen LogP contribution in [0.2, 0.25) is 0 Å². The Labute approximate surface area is 120 Å². The maximum atomic E-state index is 13.0. The summed E-state index contributed by atoms with van der Waals surface area (Å²) in [6.45, 7) is 0. The van der Waals surface area contributed by atoms with E-state index in [1.165, 1.54) is 18.2 Å². The van der Waals surface area contributed by atoms with Crippen LogP contribution in [0.1, 0.15) is 17.2 Å². The van der Waals surface area contributed by atoms with Gasteiger partial charge in [0.25, 0.3) is 5.69 Å². The number of halogens is 1. The van der Waals surface area contributed by atoms with Crippen LogP contribution in [-0.2, 0) is 11.2 Å². The van der Waals surface area contributed by atoms with Crippen LogP contribution in [0.25, 0.3) is 0 Å². The molecule has 0 aliphatic heterocycles.